The summed E-state index contributed by atoms with van der Waals surface area (Å²) in [7, 11) is 0. The molecule has 0 atom stereocenters. The fourth-order valence-electron chi connectivity index (χ4n) is 3.15. The molecule has 4 rings (SSSR count). The third-order valence-corrected chi connectivity index (χ3v) is 5.57. The van der Waals surface area contributed by atoms with Crippen molar-refractivity contribution in [2.24, 2.45) is 0 Å². The Kier molecular flexibility index (Phi) is 5.76. The van der Waals surface area contributed by atoms with Crippen LogP contribution in [-0.4, -0.2) is 34.4 Å². The lowest BCUT2D eigenvalue weighted by Crippen LogP contribution is -2.22. The zero-order chi connectivity index (χ0) is 21.1. The van der Waals surface area contributed by atoms with Crippen molar-refractivity contribution in [3.05, 3.63) is 70.3 Å². The first kappa shape index (κ1) is 20.0. The zero-order valence-electron chi connectivity index (χ0n) is 16.7. The standard InChI is InChI=1S/C22H21N3O4S/c1-14-3-5-17(15(2)11-14)24-20(26)13-30-21-22(27)25(8-7-23-21)16-4-6-18-19(12-16)29-10-9-28-18/h3-8,11-12H,9-10,13H2,1-2H3,(H,24,26). The van der Waals surface area contributed by atoms with E-state index in [4.69, 9.17) is 9.47 Å². The van der Waals surface area contributed by atoms with Gasteiger partial charge in [-0.05, 0) is 37.6 Å². The lowest BCUT2D eigenvalue weighted by atomic mass is 10.1. The fraction of sp³-hybridized carbons (Fsp3) is 0.227. The minimum atomic E-state index is -0.293. The topological polar surface area (TPSA) is 82.5 Å². The van der Waals surface area contributed by atoms with Gasteiger partial charge < -0.3 is 14.8 Å². The SMILES string of the molecule is Cc1ccc(NC(=O)CSc2nccn(-c3ccc4c(c3)OCCO4)c2=O)c(C)c1. The summed E-state index contributed by atoms with van der Waals surface area (Å²) < 4.78 is 12.6. The normalized spacial score (nSPS) is 12.5. The maximum Gasteiger partial charge on any atom is 0.287 e. The van der Waals surface area contributed by atoms with Gasteiger partial charge in [-0.25, -0.2) is 4.98 Å². The number of carbonyl (C=O) groups excluding carboxylic acids is 1. The molecule has 0 fully saturated rings. The molecule has 0 bridgehead atoms. The lowest BCUT2D eigenvalue weighted by molar-refractivity contribution is -0.113. The van der Waals surface area contributed by atoms with Gasteiger partial charge in [-0.3, -0.25) is 14.2 Å². The van der Waals surface area contributed by atoms with Gasteiger partial charge in [0.05, 0.1) is 11.4 Å². The van der Waals surface area contributed by atoms with E-state index in [1.54, 1.807) is 30.6 Å². The van der Waals surface area contributed by atoms with Crippen LogP contribution in [0.1, 0.15) is 11.1 Å². The molecule has 0 radical (unpaired) electrons. The highest BCUT2D eigenvalue weighted by Gasteiger charge is 2.15. The van der Waals surface area contributed by atoms with Crippen LogP contribution in [-0.2, 0) is 4.79 Å². The van der Waals surface area contributed by atoms with Crippen molar-refractivity contribution >= 4 is 23.4 Å². The van der Waals surface area contributed by atoms with E-state index in [2.05, 4.69) is 10.3 Å². The van der Waals surface area contributed by atoms with Crippen LogP contribution in [0.5, 0.6) is 11.5 Å². The molecular formula is C22H21N3O4S. The molecule has 154 valence electrons. The summed E-state index contributed by atoms with van der Waals surface area (Å²) in [5.74, 6) is 1.15. The largest absolute Gasteiger partial charge is 0.486 e. The van der Waals surface area contributed by atoms with Crippen molar-refractivity contribution in [1.29, 1.82) is 0 Å². The van der Waals surface area contributed by atoms with E-state index in [1.807, 2.05) is 32.0 Å². The first-order valence-corrected chi connectivity index (χ1v) is 10.5. The summed E-state index contributed by atoms with van der Waals surface area (Å²) in [5, 5.41) is 3.13. The number of carbonyl (C=O) groups is 1. The Morgan fingerprint density at radius 3 is 2.73 bits per heavy atom. The summed E-state index contributed by atoms with van der Waals surface area (Å²) in [4.78, 5) is 29.4. The number of thioether (sulfide) groups is 1. The second kappa shape index (κ2) is 8.62. The van der Waals surface area contributed by atoms with Gasteiger partial charge in [0, 0.05) is 24.1 Å². The second-order valence-corrected chi connectivity index (χ2v) is 7.85. The number of nitrogens with zero attached hydrogens (tertiary/aromatic N) is 2. The van der Waals surface area contributed by atoms with Crippen LogP contribution >= 0.6 is 11.8 Å². The molecule has 3 aromatic rings. The fourth-order valence-corrected chi connectivity index (χ4v) is 3.85. The Morgan fingerprint density at radius 2 is 1.93 bits per heavy atom. The first-order chi connectivity index (χ1) is 14.5. The number of hydrogen-bond acceptors (Lipinski definition) is 6. The molecule has 2 aromatic carbocycles. The highest BCUT2D eigenvalue weighted by Crippen LogP contribution is 2.31. The average Bonchev–Trinajstić information content (AvgIpc) is 2.75. The van der Waals surface area contributed by atoms with Crippen molar-refractivity contribution in [2.45, 2.75) is 18.9 Å². The minimum absolute atomic E-state index is 0.0840. The molecule has 30 heavy (non-hydrogen) atoms. The van der Waals surface area contributed by atoms with Crippen LogP contribution in [0.25, 0.3) is 5.69 Å². The van der Waals surface area contributed by atoms with Crippen molar-refractivity contribution in [1.82, 2.24) is 9.55 Å². The van der Waals surface area contributed by atoms with Gasteiger partial charge in [-0.2, -0.15) is 0 Å². The number of aromatic nitrogens is 2. The Balaban J connectivity index is 1.48. The molecule has 1 aliphatic heterocycles. The number of fused-ring (bicyclic) bond motifs is 1. The van der Waals surface area contributed by atoms with Gasteiger partial charge in [0.15, 0.2) is 16.5 Å². The molecule has 7 nitrogen and oxygen atoms in total. The molecule has 1 aromatic heterocycles. The molecular weight excluding hydrogens is 402 g/mol. The number of anilines is 1. The van der Waals surface area contributed by atoms with Crippen molar-refractivity contribution in [3.63, 3.8) is 0 Å². The van der Waals surface area contributed by atoms with E-state index in [9.17, 15) is 9.59 Å². The lowest BCUT2D eigenvalue weighted by Gasteiger charge is -2.19. The van der Waals surface area contributed by atoms with Crippen LogP contribution in [0, 0.1) is 13.8 Å². The van der Waals surface area contributed by atoms with Gasteiger partial charge >= 0.3 is 0 Å². The maximum absolute atomic E-state index is 12.9. The number of hydrogen-bond donors (Lipinski definition) is 1. The molecule has 2 heterocycles. The maximum atomic E-state index is 12.9. The number of rotatable bonds is 5. The van der Waals surface area contributed by atoms with Gasteiger partial charge in [0.25, 0.3) is 5.56 Å². The molecule has 1 aliphatic rings. The van der Waals surface area contributed by atoms with Crippen molar-refractivity contribution in [3.8, 4) is 17.2 Å². The zero-order valence-corrected chi connectivity index (χ0v) is 17.5. The van der Waals surface area contributed by atoms with Crippen molar-refractivity contribution in [2.75, 3.05) is 24.3 Å². The Labute approximate surface area is 178 Å². The highest BCUT2D eigenvalue weighted by atomic mass is 32.2. The third kappa shape index (κ3) is 4.33. The van der Waals surface area contributed by atoms with Crippen LogP contribution in [0.4, 0.5) is 5.69 Å². The van der Waals surface area contributed by atoms with Crippen LogP contribution in [0.15, 0.2) is 58.6 Å². The van der Waals surface area contributed by atoms with Crippen LogP contribution in [0.3, 0.4) is 0 Å². The summed E-state index contributed by atoms with van der Waals surface area (Å²) in [5.41, 5.74) is 3.24. The molecule has 8 heteroatoms. The summed E-state index contributed by atoms with van der Waals surface area (Å²) in [6.07, 6.45) is 3.14. The number of aryl methyl sites for hydroxylation is 2. The van der Waals surface area contributed by atoms with E-state index in [0.717, 1.165) is 28.6 Å². The predicted molar refractivity (Wildman–Crippen MR) is 116 cm³/mol. The van der Waals surface area contributed by atoms with E-state index in [0.29, 0.717) is 30.4 Å². The Hall–Kier alpha value is -3.26. The second-order valence-electron chi connectivity index (χ2n) is 6.89. The Bertz CT molecular complexity index is 1160. The monoisotopic (exact) mass is 423 g/mol. The van der Waals surface area contributed by atoms with Gasteiger partial charge in [-0.1, -0.05) is 29.5 Å². The molecule has 0 unspecified atom stereocenters. The van der Waals surface area contributed by atoms with E-state index in [1.165, 1.54) is 4.57 Å². The van der Waals surface area contributed by atoms with Gasteiger partial charge in [0.2, 0.25) is 5.91 Å². The summed E-state index contributed by atoms with van der Waals surface area (Å²) in [6.45, 7) is 4.92. The molecule has 0 saturated heterocycles. The van der Waals surface area contributed by atoms with Gasteiger partial charge in [0.1, 0.15) is 13.2 Å². The van der Waals surface area contributed by atoms with Crippen LogP contribution < -0.4 is 20.3 Å². The smallest absolute Gasteiger partial charge is 0.287 e. The Morgan fingerprint density at radius 1 is 1.13 bits per heavy atom. The first-order valence-electron chi connectivity index (χ1n) is 9.49. The number of nitrogens with one attached hydrogen (secondary N) is 1. The summed E-state index contributed by atoms with van der Waals surface area (Å²) in [6, 6.07) is 11.2. The van der Waals surface area contributed by atoms with E-state index >= 15 is 0 Å². The number of amides is 1. The molecule has 0 spiro atoms. The van der Waals surface area contributed by atoms with Gasteiger partial charge in [-0.15, -0.1) is 0 Å². The predicted octanol–water partition coefficient (Wildman–Crippen LogP) is 3.35. The highest BCUT2D eigenvalue weighted by molar-refractivity contribution is 7.99. The molecule has 0 saturated carbocycles. The number of benzene rings is 2. The quantitative estimate of drug-likeness (QED) is 0.634. The molecule has 1 N–H and O–H groups in total. The average molecular weight is 423 g/mol. The van der Waals surface area contributed by atoms with Crippen LogP contribution in [0.2, 0.25) is 0 Å². The van der Waals surface area contributed by atoms with E-state index < -0.39 is 0 Å². The van der Waals surface area contributed by atoms with E-state index in [-0.39, 0.29) is 22.2 Å². The number of ether oxygens (including phenoxy) is 2. The summed E-state index contributed by atoms with van der Waals surface area (Å²) >= 11 is 1.11. The molecule has 1 amide bonds. The molecule has 0 aliphatic carbocycles. The third-order valence-electron chi connectivity index (χ3n) is 4.61. The van der Waals surface area contributed by atoms with Crippen molar-refractivity contribution < 1.29 is 14.3 Å². The minimum Gasteiger partial charge on any atom is -0.486 e.